The monoisotopic (exact) mass is 349 g/mol. The quantitative estimate of drug-likeness (QED) is 0.481. The molecule has 25 heavy (non-hydrogen) atoms. The van der Waals surface area contributed by atoms with E-state index in [4.69, 9.17) is 15.2 Å². The summed E-state index contributed by atoms with van der Waals surface area (Å²) in [7, 11) is 0. The SMILES string of the molecule is CC(C)[C@H]1CC[C@@H](C)C[C@@H]1OC(=O)COC(=O)c1cc(O)ccc1N. The largest absolute Gasteiger partial charge is 0.508 e. The Kier molecular flexibility index (Phi) is 6.28. The second-order valence-electron chi connectivity index (χ2n) is 7.20. The maximum atomic E-state index is 12.1. The second kappa shape index (κ2) is 8.23. The van der Waals surface area contributed by atoms with Crippen LogP contribution in [0.25, 0.3) is 0 Å². The van der Waals surface area contributed by atoms with Crippen LogP contribution in [0.1, 0.15) is 50.4 Å². The van der Waals surface area contributed by atoms with E-state index in [-0.39, 0.29) is 23.1 Å². The predicted molar refractivity (Wildman–Crippen MR) is 94.0 cm³/mol. The number of carbonyl (C=O) groups is 2. The van der Waals surface area contributed by atoms with Gasteiger partial charge in [0.1, 0.15) is 11.9 Å². The molecule has 1 aromatic rings. The summed E-state index contributed by atoms with van der Waals surface area (Å²) in [6, 6.07) is 3.98. The van der Waals surface area contributed by atoms with Gasteiger partial charge in [0, 0.05) is 5.69 Å². The number of carbonyl (C=O) groups excluding carboxylic acids is 2. The third-order valence-electron chi connectivity index (χ3n) is 4.82. The predicted octanol–water partition coefficient (Wildman–Crippen LogP) is 3.14. The highest BCUT2D eigenvalue weighted by Gasteiger charge is 2.33. The first-order valence-electron chi connectivity index (χ1n) is 8.73. The van der Waals surface area contributed by atoms with Gasteiger partial charge in [0.05, 0.1) is 5.56 Å². The molecule has 0 radical (unpaired) electrons. The van der Waals surface area contributed by atoms with E-state index in [0.717, 1.165) is 19.3 Å². The van der Waals surface area contributed by atoms with E-state index < -0.39 is 18.5 Å². The van der Waals surface area contributed by atoms with E-state index in [1.807, 2.05) is 0 Å². The van der Waals surface area contributed by atoms with Gasteiger partial charge >= 0.3 is 11.9 Å². The van der Waals surface area contributed by atoms with Crippen molar-refractivity contribution in [3.05, 3.63) is 23.8 Å². The molecule has 0 aromatic heterocycles. The Morgan fingerprint density at radius 3 is 2.72 bits per heavy atom. The zero-order chi connectivity index (χ0) is 18.6. The summed E-state index contributed by atoms with van der Waals surface area (Å²) >= 11 is 0. The molecule has 0 heterocycles. The number of hydrogen-bond acceptors (Lipinski definition) is 6. The molecule has 138 valence electrons. The Hall–Kier alpha value is -2.24. The van der Waals surface area contributed by atoms with Gasteiger partial charge in [-0.15, -0.1) is 0 Å². The molecular formula is C19H27NO5. The van der Waals surface area contributed by atoms with Crippen molar-refractivity contribution in [1.82, 2.24) is 0 Å². The summed E-state index contributed by atoms with van der Waals surface area (Å²) in [5, 5.41) is 9.43. The third kappa shape index (κ3) is 5.11. The molecule has 1 aliphatic rings. The lowest BCUT2D eigenvalue weighted by molar-refractivity contribution is -0.159. The van der Waals surface area contributed by atoms with Gasteiger partial charge in [0.2, 0.25) is 0 Å². The summed E-state index contributed by atoms with van der Waals surface area (Å²) in [4.78, 5) is 24.1. The fourth-order valence-corrected chi connectivity index (χ4v) is 3.38. The highest BCUT2D eigenvalue weighted by Crippen LogP contribution is 2.35. The van der Waals surface area contributed by atoms with Gasteiger partial charge < -0.3 is 20.3 Å². The summed E-state index contributed by atoms with van der Waals surface area (Å²) in [6.45, 7) is 5.95. The van der Waals surface area contributed by atoms with Gasteiger partial charge in [-0.25, -0.2) is 9.59 Å². The molecule has 3 atom stereocenters. The van der Waals surface area contributed by atoms with Crippen molar-refractivity contribution >= 4 is 17.6 Å². The summed E-state index contributed by atoms with van der Waals surface area (Å²) in [6.07, 6.45) is 2.88. The smallest absolute Gasteiger partial charge is 0.344 e. The van der Waals surface area contributed by atoms with E-state index in [9.17, 15) is 14.7 Å². The first-order valence-corrected chi connectivity index (χ1v) is 8.73. The number of aromatic hydroxyl groups is 1. The molecule has 0 spiro atoms. The molecule has 1 aromatic carbocycles. The Bertz CT molecular complexity index is 628. The third-order valence-corrected chi connectivity index (χ3v) is 4.82. The number of anilines is 1. The minimum Gasteiger partial charge on any atom is -0.508 e. The van der Waals surface area contributed by atoms with Gasteiger partial charge in [-0.2, -0.15) is 0 Å². The molecule has 6 heteroatoms. The van der Waals surface area contributed by atoms with Crippen LogP contribution in [0.5, 0.6) is 5.75 Å². The highest BCUT2D eigenvalue weighted by atomic mass is 16.6. The van der Waals surface area contributed by atoms with Gasteiger partial charge in [-0.3, -0.25) is 0 Å². The van der Waals surface area contributed by atoms with Crippen molar-refractivity contribution in [3.8, 4) is 5.75 Å². The van der Waals surface area contributed by atoms with E-state index in [1.54, 1.807) is 0 Å². The lowest BCUT2D eigenvalue weighted by Crippen LogP contribution is -2.36. The van der Waals surface area contributed by atoms with Crippen molar-refractivity contribution in [3.63, 3.8) is 0 Å². The molecular weight excluding hydrogens is 322 g/mol. The first-order chi connectivity index (χ1) is 11.8. The van der Waals surface area contributed by atoms with Crippen molar-refractivity contribution in [2.75, 3.05) is 12.3 Å². The van der Waals surface area contributed by atoms with Crippen molar-refractivity contribution < 1.29 is 24.2 Å². The molecule has 1 aliphatic carbocycles. The molecule has 6 nitrogen and oxygen atoms in total. The van der Waals surface area contributed by atoms with Crippen LogP contribution < -0.4 is 5.73 Å². The Labute approximate surface area is 148 Å². The molecule has 0 aliphatic heterocycles. The maximum absolute atomic E-state index is 12.1. The molecule has 0 saturated heterocycles. The minimum atomic E-state index is -0.761. The highest BCUT2D eigenvalue weighted by molar-refractivity contribution is 5.96. The second-order valence-corrected chi connectivity index (χ2v) is 7.20. The number of benzene rings is 1. The van der Waals surface area contributed by atoms with E-state index in [0.29, 0.717) is 17.8 Å². The number of nitrogens with two attached hydrogens (primary N) is 1. The Morgan fingerprint density at radius 2 is 2.04 bits per heavy atom. The van der Waals surface area contributed by atoms with Crippen LogP contribution in [0.15, 0.2) is 18.2 Å². The number of esters is 2. The van der Waals surface area contributed by atoms with Crippen molar-refractivity contribution in [1.29, 1.82) is 0 Å². The lowest BCUT2D eigenvalue weighted by atomic mass is 9.75. The molecule has 0 amide bonds. The van der Waals surface area contributed by atoms with Gasteiger partial charge in [0.15, 0.2) is 6.61 Å². The number of ether oxygens (including phenoxy) is 2. The number of nitrogen functional groups attached to an aromatic ring is 1. The van der Waals surface area contributed by atoms with Crippen LogP contribution in [0.3, 0.4) is 0 Å². The number of rotatable bonds is 5. The molecule has 0 unspecified atom stereocenters. The van der Waals surface area contributed by atoms with Gasteiger partial charge in [0.25, 0.3) is 0 Å². The van der Waals surface area contributed by atoms with Crippen molar-refractivity contribution in [2.45, 2.75) is 46.1 Å². The standard InChI is InChI=1S/C19H27NO5/c1-11(2)14-6-4-12(3)8-17(14)25-18(22)10-24-19(23)15-9-13(21)5-7-16(15)20/h5,7,9,11-12,14,17,21H,4,6,8,10,20H2,1-3H3/t12-,14-,17+/m1/s1. The normalized spacial score (nSPS) is 23.3. The first kappa shape index (κ1) is 19.1. The van der Waals surface area contributed by atoms with E-state index >= 15 is 0 Å². The molecule has 1 saturated carbocycles. The van der Waals surface area contributed by atoms with Gasteiger partial charge in [-0.1, -0.05) is 27.2 Å². The van der Waals surface area contributed by atoms with Crippen LogP contribution in [0, 0.1) is 17.8 Å². The number of phenols is 1. The summed E-state index contributed by atoms with van der Waals surface area (Å²) < 4.78 is 10.6. The average Bonchev–Trinajstić information content (AvgIpc) is 2.54. The van der Waals surface area contributed by atoms with Crippen LogP contribution >= 0.6 is 0 Å². The molecule has 1 fully saturated rings. The van der Waals surface area contributed by atoms with E-state index in [2.05, 4.69) is 20.8 Å². The van der Waals surface area contributed by atoms with Gasteiger partial charge in [-0.05, 0) is 48.8 Å². The topological polar surface area (TPSA) is 98.8 Å². The fraction of sp³-hybridized carbons (Fsp3) is 0.579. The van der Waals surface area contributed by atoms with Crippen LogP contribution in [-0.4, -0.2) is 29.8 Å². The fourth-order valence-electron chi connectivity index (χ4n) is 3.38. The lowest BCUT2D eigenvalue weighted by Gasteiger charge is -2.36. The average molecular weight is 349 g/mol. The zero-order valence-corrected chi connectivity index (χ0v) is 15.0. The molecule has 2 rings (SSSR count). The minimum absolute atomic E-state index is 0.0270. The number of hydrogen-bond donors (Lipinski definition) is 2. The van der Waals surface area contributed by atoms with E-state index in [1.165, 1.54) is 18.2 Å². The van der Waals surface area contributed by atoms with Crippen LogP contribution in [-0.2, 0) is 14.3 Å². The number of phenolic OH excluding ortho intramolecular Hbond substituents is 1. The van der Waals surface area contributed by atoms with Crippen LogP contribution in [0.4, 0.5) is 5.69 Å². The summed E-state index contributed by atoms with van der Waals surface area (Å²) in [5.41, 5.74) is 5.89. The molecule has 0 bridgehead atoms. The Balaban J connectivity index is 1.91. The Morgan fingerprint density at radius 1 is 1.32 bits per heavy atom. The van der Waals surface area contributed by atoms with Crippen molar-refractivity contribution in [2.24, 2.45) is 17.8 Å². The zero-order valence-electron chi connectivity index (χ0n) is 15.0. The van der Waals surface area contributed by atoms with Crippen LogP contribution in [0.2, 0.25) is 0 Å². The summed E-state index contributed by atoms with van der Waals surface area (Å²) in [5.74, 6) is -0.140. The maximum Gasteiger partial charge on any atom is 0.344 e. The molecule has 3 N–H and O–H groups in total.